The Morgan fingerprint density at radius 1 is 1.00 bits per heavy atom. The first-order valence-corrected chi connectivity index (χ1v) is 10.9. The lowest BCUT2D eigenvalue weighted by Crippen LogP contribution is -2.44. The van der Waals surface area contributed by atoms with Crippen LogP contribution in [0.2, 0.25) is 0 Å². The van der Waals surface area contributed by atoms with Gasteiger partial charge in [0.25, 0.3) is 5.91 Å². The average Bonchev–Trinajstić information content (AvgIpc) is 2.74. The molecule has 29 heavy (non-hydrogen) atoms. The van der Waals surface area contributed by atoms with Gasteiger partial charge in [-0.3, -0.25) is 4.79 Å². The first-order chi connectivity index (χ1) is 14.0. The maximum absolute atomic E-state index is 13.3. The highest BCUT2D eigenvalue weighted by Gasteiger charge is 2.30. The molecule has 3 aromatic rings. The van der Waals surface area contributed by atoms with E-state index in [9.17, 15) is 9.18 Å². The van der Waals surface area contributed by atoms with Crippen LogP contribution in [0.5, 0.6) is 0 Å². The molecule has 2 unspecified atom stereocenters. The van der Waals surface area contributed by atoms with Gasteiger partial charge in [0.1, 0.15) is 5.82 Å². The summed E-state index contributed by atoms with van der Waals surface area (Å²) < 4.78 is 13.2. The molecule has 3 nitrogen and oxygen atoms in total. The lowest BCUT2D eigenvalue weighted by Gasteiger charge is -2.35. The van der Waals surface area contributed by atoms with Crippen molar-refractivity contribution in [1.82, 2.24) is 4.90 Å². The fourth-order valence-corrected chi connectivity index (χ4v) is 5.05. The predicted octanol–water partition coefficient (Wildman–Crippen LogP) is 4.94. The van der Waals surface area contributed by atoms with Gasteiger partial charge in [-0.25, -0.2) is 4.39 Å². The van der Waals surface area contributed by atoms with Crippen LogP contribution in [0.15, 0.2) is 72.8 Å². The molecule has 1 amide bonds. The number of hydrogen-bond acceptors (Lipinski definition) is 2. The van der Waals surface area contributed by atoms with E-state index in [1.807, 2.05) is 47.2 Å². The molecule has 1 heterocycles. The number of nitrogens with zero attached hydrogens (tertiary/aromatic N) is 2. The molecule has 1 aliphatic rings. The lowest BCUT2D eigenvalue weighted by molar-refractivity contribution is 0.0744. The Hall–Kier alpha value is -2.71. The number of anilines is 2. The minimum absolute atomic E-state index is 0.0940. The first-order valence-electron chi connectivity index (χ1n) is 9.78. The molecule has 4 rings (SSSR count). The van der Waals surface area contributed by atoms with E-state index in [2.05, 4.69) is 25.1 Å². The van der Waals surface area contributed by atoms with Crippen molar-refractivity contribution in [2.24, 2.45) is 0 Å². The van der Waals surface area contributed by atoms with Crippen LogP contribution >= 0.6 is 8.58 Å². The number of fused-ring (bicyclic) bond motifs is 1. The molecule has 0 aliphatic carbocycles. The smallest absolute Gasteiger partial charge is 0.255 e. The van der Waals surface area contributed by atoms with Gasteiger partial charge in [0, 0.05) is 30.5 Å². The van der Waals surface area contributed by atoms with Crippen LogP contribution < -0.4 is 10.2 Å². The zero-order chi connectivity index (χ0) is 20.4. The van der Waals surface area contributed by atoms with Crippen molar-refractivity contribution < 1.29 is 9.18 Å². The number of carbonyl (C=O) groups excluding carboxylic acids is 1. The van der Waals surface area contributed by atoms with E-state index in [1.165, 1.54) is 17.7 Å². The van der Waals surface area contributed by atoms with Crippen molar-refractivity contribution in [3.8, 4) is 0 Å². The van der Waals surface area contributed by atoms with E-state index in [0.717, 1.165) is 28.7 Å². The van der Waals surface area contributed by atoms with Gasteiger partial charge >= 0.3 is 0 Å². The summed E-state index contributed by atoms with van der Waals surface area (Å²) in [5, 5.41) is 1.12. The Kier molecular flexibility index (Phi) is 5.64. The van der Waals surface area contributed by atoms with Crippen LogP contribution in [-0.4, -0.2) is 30.2 Å². The molecule has 1 aliphatic heterocycles. The standard InChI is InChI=1S/C24H24FN2OP/c1-17-27(15-14-18-6-4-3-5-7-18)24(28)22-16-21(12-13-23(22)29-17)26(2)20-10-8-19(25)9-11-20/h3-13,16-17,29H,14-15H2,1-2H3. The summed E-state index contributed by atoms with van der Waals surface area (Å²) in [6, 6.07) is 22.7. The molecule has 5 heteroatoms. The summed E-state index contributed by atoms with van der Waals surface area (Å²) in [5.41, 5.74) is 3.82. The highest BCUT2D eigenvalue weighted by atomic mass is 31.1. The molecule has 0 bridgehead atoms. The Morgan fingerprint density at radius 2 is 1.69 bits per heavy atom. The predicted molar refractivity (Wildman–Crippen MR) is 119 cm³/mol. The van der Waals surface area contributed by atoms with E-state index >= 15 is 0 Å². The fourth-order valence-electron chi connectivity index (χ4n) is 3.68. The molecule has 0 N–H and O–H groups in total. The second-order valence-corrected chi connectivity index (χ2v) is 8.98. The molecule has 3 aromatic carbocycles. The summed E-state index contributed by atoms with van der Waals surface area (Å²) >= 11 is 0. The fraction of sp³-hybridized carbons (Fsp3) is 0.208. The van der Waals surface area contributed by atoms with Crippen LogP contribution in [0, 0.1) is 5.82 Å². The minimum atomic E-state index is -0.257. The van der Waals surface area contributed by atoms with Crippen LogP contribution in [-0.2, 0) is 6.42 Å². The monoisotopic (exact) mass is 406 g/mol. The minimum Gasteiger partial charge on any atom is -0.345 e. The van der Waals surface area contributed by atoms with E-state index in [0.29, 0.717) is 15.1 Å². The number of halogens is 1. The number of hydrogen-bond donors (Lipinski definition) is 0. The van der Waals surface area contributed by atoms with E-state index in [-0.39, 0.29) is 17.5 Å². The zero-order valence-electron chi connectivity index (χ0n) is 16.6. The molecule has 0 spiro atoms. The van der Waals surface area contributed by atoms with Crippen molar-refractivity contribution in [2.45, 2.75) is 19.1 Å². The summed E-state index contributed by atoms with van der Waals surface area (Å²) in [6.45, 7) is 2.84. The van der Waals surface area contributed by atoms with Gasteiger partial charge in [-0.05, 0) is 60.6 Å². The van der Waals surface area contributed by atoms with Crippen molar-refractivity contribution >= 4 is 31.2 Å². The summed E-state index contributed by atoms with van der Waals surface area (Å²) in [6.07, 6.45) is 0.853. The molecule has 148 valence electrons. The van der Waals surface area contributed by atoms with E-state index < -0.39 is 0 Å². The maximum atomic E-state index is 13.3. The first kappa shape index (κ1) is 19.6. The molecule has 2 atom stereocenters. The van der Waals surface area contributed by atoms with Gasteiger partial charge in [0.05, 0.1) is 5.78 Å². The van der Waals surface area contributed by atoms with Crippen LogP contribution in [0.1, 0.15) is 22.8 Å². The number of amides is 1. The molecule has 0 saturated carbocycles. The third-order valence-corrected chi connectivity index (χ3v) is 6.89. The van der Waals surface area contributed by atoms with Crippen LogP contribution in [0.3, 0.4) is 0 Å². The van der Waals surface area contributed by atoms with E-state index in [1.54, 1.807) is 12.1 Å². The second kappa shape index (κ2) is 8.34. The van der Waals surface area contributed by atoms with Crippen LogP contribution in [0.25, 0.3) is 0 Å². The molecular weight excluding hydrogens is 382 g/mol. The third-order valence-electron chi connectivity index (χ3n) is 5.41. The maximum Gasteiger partial charge on any atom is 0.255 e. The largest absolute Gasteiger partial charge is 0.345 e. The highest BCUT2D eigenvalue weighted by molar-refractivity contribution is 7.48. The Bertz CT molecular complexity index is 1010. The van der Waals surface area contributed by atoms with Crippen molar-refractivity contribution in [3.63, 3.8) is 0 Å². The molecule has 0 radical (unpaired) electrons. The zero-order valence-corrected chi connectivity index (χ0v) is 17.6. The van der Waals surface area contributed by atoms with Gasteiger partial charge < -0.3 is 9.80 Å². The average molecular weight is 406 g/mol. The second-order valence-electron chi connectivity index (χ2n) is 7.32. The Balaban J connectivity index is 1.56. The van der Waals surface area contributed by atoms with Crippen molar-refractivity contribution in [1.29, 1.82) is 0 Å². The van der Waals surface area contributed by atoms with Gasteiger partial charge in [-0.2, -0.15) is 0 Å². The third kappa shape index (κ3) is 4.18. The summed E-state index contributed by atoms with van der Waals surface area (Å²) in [4.78, 5) is 17.2. The molecule has 0 fully saturated rings. The topological polar surface area (TPSA) is 23.6 Å². The van der Waals surface area contributed by atoms with Crippen molar-refractivity contribution in [2.75, 3.05) is 18.5 Å². The normalized spacial score (nSPS) is 16.7. The molecule has 0 aromatic heterocycles. The summed E-state index contributed by atoms with van der Waals surface area (Å²) in [5.74, 6) is 0.0444. The highest BCUT2D eigenvalue weighted by Crippen LogP contribution is 2.33. The SMILES string of the molecule is CC1Pc2ccc(N(C)c3ccc(F)cc3)cc2C(=O)N1CCc1ccccc1. The molecular formula is C24H24FN2OP. The number of carbonyl (C=O) groups is 1. The van der Waals surface area contributed by atoms with Gasteiger partial charge in [-0.1, -0.05) is 45.0 Å². The van der Waals surface area contributed by atoms with Crippen molar-refractivity contribution in [3.05, 3.63) is 89.7 Å². The number of benzene rings is 3. The van der Waals surface area contributed by atoms with Crippen LogP contribution in [0.4, 0.5) is 15.8 Å². The summed E-state index contributed by atoms with van der Waals surface area (Å²) in [7, 11) is 2.50. The quantitative estimate of drug-likeness (QED) is 0.560. The Morgan fingerprint density at radius 3 is 2.41 bits per heavy atom. The Labute approximate surface area is 172 Å². The van der Waals surface area contributed by atoms with Gasteiger partial charge in [-0.15, -0.1) is 0 Å². The number of rotatable bonds is 5. The van der Waals surface area contributed by atoms with E-state index in [4.69, 9.17) is 0 Å². The molecule has 0 saturated heterocycles. The van der Waals surface area contributed by atoms with Gasteiger partial charge in [0.15, 0.2) is 0 Å². The lowest BCUT2D eigenvalue weighted by atomic mass is 10.1. The van der Waals surface area contributed by atoms with Gasteiger partial charge in [0.2, 0.25) is 0 Å².